The molecule has 0 saturated heterocycles. The third-order valence-corrected chi connectivity index (χ3v) is 2.28. The van der Waals surface area contributed by atoms with Gasteiger partial charge in [-0.3, -0.25) is 4.79 Å². The van der Waals surface area contributed by atoms with Crippen molar-refractivity contribution in [3.05, 3.63) is 18.2 Å². The predicted molar refractivity (Wildman–Crippen MR) is 60.8 cm³/mol. The highest BCUT2D eigenvalue weighted by Crippen LogP contribution is 2.00. The van der Waals surface area contributed by atoms with Gasteiger partial charge in [-0.1, -0.05) is 19.8 Å². The fourth-order valence-corrected chi connectivity index (χ4v) is 1.34. The van der Waals surface area contributed by atoms with Crippen LogP contribution < -0.4 is 5.73 Å². The molecular formula is C11H19N3O2. The lowest BCUT2D eigenvalue weighted by Crippen LogP contribution is -2.34. The van der Waals surface area contributed by atoms with Crippen molar-refractivity contribution < 1.29 is 9.53 Å². The summed E-state index contributed by atoms with van der Waals surface area (Å²) < 4.78 is 5.05. The highest BCUT2D eigenvalue weighted by Gasteiger charge is 2.16. The standard InChI is InChI=1S/C11H19N3O2/c1-2-3-4-5-16-11(15)10(12)6-9-7-13-8-14-9/h7-8,10H,2-6,12H2,1H3,(H,13,14)/t10-/m0/s1. The van der Waals surface area contributed by atoms with E-state index >= 15 is 0 Å². The molecule has 0 unspecified atom stereocenters. The maximum absolute atomic E-state index is 11.4. The number of hydrogen-bond donors (Lipinski definition) is 2. The summed E-state index contributed by atoms with van der Waals surface area (Å²) >= 11 is 0. The van der Waals surface area contributed by atoms with Crippen molar-refractivity contribution in [1.82, 2.24) is 9.97 Å². The SMILES string of the molecule is CCCCCOC(=O)[C@@H](N)Cc1c[nH]cn1. The fraction of sp³-hybridized carbons (Fsp3) is 0.636. The normalized spacial score (nSPS) is 12.4. The van der Waals surface area contributed by atoms with Crippen LogP contribution in [0.3, 0.4) is 0 Å². The Bertz CT molecular complexity index is 298. The Balaban J connectivity index is 2.20. The van der Waals surface area contributed by atoms with Crippen LogP contribution in [0.25, 0.3) is 0 Å². The number of carbonyl (C=O) groups is 1. The van der Waals surface area contributed by atoms with Crippen molar-refractivity contribution in [3.8, 4) is 0 Å². The van der Waals surface area contributed by atoms with Crippen LogP contribution in [-0.4, -0.2) is 28.6 Å². The van der Waals surface area contributed by atoms with Gasteiger partial charge in [0.15, 0.2) is 0 Å². The highest BCUT2D eigenvalue weighted by molar-refractivity contribution is 5.75. The summed E-state index contributed by atoms with van der Waals surface area (Å²) in [6.07, 6.45) is 6.78. The Morgan fingerprint density at radius 3 is 3.06 bits per heavy atom. The van der Waals surface area contributed by atoms with Gasteiger partial charge in [-0.2, -0.15) is 0 Å². The number of carbonyl (C=O) groups excluding carboxylic acids is 1. The molecule has 1 aromatic rings. The van der Waals surface area contributed by atoms with Gasteiger partial charge in [0.2, 0.25) is 0 Å². The lowest BCUT2D eigenvalue weighted by Gasteiger charge is -2.09. The first-order valence-corrected chi connectivity index (χ1v) is 5.64. The largest absolute Gasteiger partial charge is 0.465 e. The van der Waals surface area contributed by atoms with E-state index in [2.05, 4.69) is 16.9 Å². The van der Waals surface area contributed by atoms with E-state index in [0.717, 1.165) is 25.0 Å². The molecule has 16 heavy (non-hydrogen) atoms. The van der Waals surface area contributed by atoms with Gasteiger partial charge in [0, 0.05) is 12.6 Å². The molecule has 1 heterocycles. The van der Waals surface area contributed by atoms with Gasteiger partial charge in [0.25, 0.3) is 0 Å². The molecule has 5 heteroatoms. The average molecular weight is 225 g/mol. The molecule has 0 aliphatic heterocycles. The minimum atomic E-state index is -0.620. The number of aromatic amines is 1. The van der Waals surface area contributed by atoms with Crippen molar-refractivity contribution in [2.75, 3.05) is 6.61 Å². The van der Waals surface area contributed by atoms with E-state index in [1.165, 1.54) is 0 Å². The maximum atomic E-state index is 11.4. The smallest absolute Gasteiger partial charge is 0.323 e. The summed E-state index contributed by atoms with van der Waals surface area (Å²) in [5.74, 6) is -0.348. The van der Waals surface area contributed by atoms with Crippen LogP contribution in [0.2, 0.25) is 0 Å². The van der Waals surface area contributed by atoms with E-state index in [1.54, 1.807) is 12.5 Å². The van der Waals surface area contributed by atoms with E-state index in [-0.39, 0.29) is 5.97 Å². The zero-order valence-corrected chi connectivity index (χ0v) is 9.61. The number of unbranched alkanes of at least 4 members (excludes halogenated alkanes) is 2. The summed E-state index contributed by atoms with van der Waals surface area (Å²) in [7, 11) is 0. The lowest BCUT2D eigenvalue weighted by molar-refractivity contribution is -0.145. The minimum absolute atomic E-state index is 0.348. The Kier molecular flexibility index (Phi) is 5.56. The van der Waals surface area contributed by atoms with Crippen LogP contribution in [0.1, 0.15) is 31.9 Å². The Hall–Kier alpha value is -1.36. The molecule has 0 radical (unpaired) electrons. The molecule has 90 valence electrons. The van der Waals surface area contributed by atoms with E-state index in [1.807, 2.05) is 0 Å². The molecule has 5 nitrogen and oxygen atoms in total. The summed E-state index contributed by atoms with van der Waals surface area (Å²) in [6, 6.07) is -0.620. The van der Waals surface area contributed by atoms with Gasteiger partial charge in [-0.25, -0.2) is 4.98 Å². The van der Waals surface area contributed by atoms with Crippen molar-refractivity contribution in [3.63, 3.8) is 0 Å². The molecule has 0 spiro atoms. The number of aromatic nitrogens is 2. The molecular weight excluding hydrogens is 206 g/mol. The molecule has 1 atom stereocenters. The monoisotopic (exact) mass is 225 g/mol. The van der Waals surface area contributed by atoms with E-state index in [9.17, 15) is 4.79 Å². The molecule has 0 aliphatic carbocycles. The number of nitrogens with zero attached hydrogens (tertiary/aromatic N) is 1. The number of nitrogens with two attached hydrogens (primary N) is 1. The van der Waals surface area contributed by atoms with Crippen LogP contribution in [0.5, 0.6) is 0 Å². The molecule has 1 rings (SSSR count). The summed E-state index contributed by atoms with van der Waals surface area (Å²) in [4.78, 5) is 18.3. The van der Waals surface area contributed by atoms with E-state index < -0.39 is 6.04 Å². The minimum Gasteiger partial charge on any atom is -0.465 e. The molecule has 3 N–H and O–H groups in total. The second-order valence-electron chi connectivity index (χ2n) is 3.75. The highest BCUT2D eigenvalue weighted by atomic mass is 16.5. The van der Waals surface area contributed by atoms with E-state index in [4.69, 9.17) is 10.5 Å². The van der Waals surface area contributed by atoms with Crippen LogP contribution in [0.4, 0.5) is 0 Å². The molecule has 0 fully saturated rings. The molecule has 0 aliphatic rings. The van der Waals surface area contributed by atoms with Crippen LogP contribution >= 0.6 is 0 Å². The molecule has 0 saturated carbocycles. The molecule has 0 amide bonds. The second-order valence-corrected chi connectivity index (χ2v) is 3.75. The van der Waals surface area contributed by atoms with Crippen LogP contribution in [0.15, 0.2) is 12.5 Å². The Morgan fingerprint density at radius 1 is 1.62 bits per heavy atom. The van der Waals surface area contributed by atoms with Crippen LogP contribution in [-0.2, 0) is 16.0 Å². The first kappa shape index (κ1) is 12.7. The van der Waals surface area contributed by atoms with Crippen molar-refractivity contribution in [2.45, 2.75) is 38.6 Å². The molecule has 0 aromatic carbocycles. The first-order chi connectivity index (χ1) is 7.74. The number of nitrogens with one attached hydrogen (secondary N) is 1. The topological polar surface area (TPSA) is 81.0 Å². The van der Waals surface area contributed by atoms with Crippen molar-refractivity contribution in [1.29, 1.82) is 0 Å². The van der Waals surface area contributed by atoms with Gasteiger partial charge in [-0.05, 0) is 6.42 Å². The predicted octanol–water partition coefficient (Wildman–Crippen LogP) is 1.01. The fourth-order valence-electron chi connectivity index (χ4n) is 1.34. The molecule has 1 aromatic heterocycles. The number of ether oxygens (including phenoxy) is 1. The third-order valence-electron chi connectivity index (χ3n) is 2.28. The lowest BCUT2D eigenvalue weighted by atomic mass is 10.2. The maximum Gasteiger partial charge on any atom is 0.323 e. The second kappa shape index (κ2) is 7.00. The first-order valence-electron chi connectivity index (χ1n) is 5.64. The van der Waals surface area contributed by atoms with Crippen molar-refractivity contribution in [2.24, 2.45) is 5.73 Å². The summed E-state index contributed by atoms with van der Waals surface area (Å²) in [6.45, 7) is 2.56. The van der Waals surface area contributed by atoms with Gasteiger partial charge < -0.3 is 15.5 Å². The number of esters is 1. The van der Waals surface area contributed by atoms with Gasteiger partial charge >= 0.3 is 5.97 Å². The Morgan fingerprint density at radius 2 is 2.44 bits per heavy atom. The quantitative estimate of drug-likeness (QED) is 0.536. The zero-order chi connectivity index (χ0) is 11.8. The molecule has 0 bridgehead atoms. The summed E-state index contributed by atoms with van der Waals surface area (Å²) in [5.41, 5.74) is 6.47. The number of imidazole rings is 1. The average Bonchev–Trinajstić information content (AvgIpc) is 2.76. The van der Waals surface area contributed by atoms with Gasteiger partial charge in [0.05, 0.1) is 18.6 Å². The number of H-pyrrole nitrogens is 1. The summed E-state index contributed by atoms with van der Waals surface area (Å²) in [5, 5.41) is 0. The number of rotatable bonds is 7. The van der Waals surface area contributed by atoms with Crippen LogP contribution in [0, 0.1) is 0 Å². The van der Waals surface area contributed by atoms with Gasteiger partial charge in [0.1, 0.15) is 6.04 Å². The third kappa shape index (κ3) is 4.44. The van der Waals surface area contributed by atoms with Gasteiger partial charge in [-0.15, -0.1) is 0 Å². The van der Waals surface area contributed by atoms with Crippen molar-refractivity contribution >= 4 is 5.97 Å². The zero-order valence-electron chi connectivity index (χ0n) is 9.61. The Labute approximate surface area is 95.4 Å². The van der Waals surface area contributed by atoms with E-state index in [0.29, 0.717) is 13.0 Å². The number of hydrogen-bond acceptors (Lipinski definition) is 4.